The van der Waals surface area contributed by atoms with Crippen molar-refractivity contribution in [2.45, 2.75) is 40.0 Å². The summed E-state index contributed by atoms with van der Waals surface area (Å²) in [4.78, 5) is 28.0. The Balaban J connectivity index is 2.19. The largest absolute Gasteiger partial charge is 0.326 e. The summed E-state index contributed by atoms with van der Waals surface area (Å²) in [6, 6.07) is 3.77. The van der Waals surface area contributed by atoms with Crippen molar-refractivity contribution in [1.29, 1.82) is 0 Å². The van der Waals surface area contributed by atoms with Gasteiger partial charge in [-0.2, -0.15) is 0 Å². The molecule has 1 aromatic carbocycles. The van der Waals surface area contributed by atoms with Gasteiger partial charge in [0.1, 0.15) is 0 Å². The summed E-state index contributed by atoms with van der Waals surface area (Å²) in [6.45, 7) is 9.58. The Morgan fingerprint density at radius 3 is 2.83 bits per heavy atom. The lowest BCUT2D eigenvalue weighted by molar-refractivity contribution is -0.116. The Morgan fingerprint density at radius 1 is 1.42 bits per heavy atom. The average molecular weight is 325 g/mol. The van der Waals surface area contributed by atoms with Gasteiger partial charge in [-0.15, -0.1) is 0 Å². The number of aliphatic imine (C=N–C) groups is 1. The Labute approximate surface area is 142 Å². The number of aryl methyl sites for hydroxylation is 2. The Kier molecular flexibility index (Phi) is 5.68. The number of anilines is 2. The number of fused-ring (bicyclic) bond motifs is 1. The quantitative estimate of drug-likeness (QED) is 0.491. The average Bonchev–Trinajstić information content (AvgIpc) is 2.56. The normalized spacial score (nSPS) is 14.3. The first-order chi connectivity index (χ1) is 11.5. The minimum atomic E-state index is -0.242. The smallest absolute Gasteiger partial charge is 0.255 e. The van der Waals surface area contributed by atoms with Gasteiger partial charge in [0, 0.05) is 35.8 Å². The molecule has 2 amide bonds. The molecule has 126 valence electrons. The number of benzene rings is 1. The second-order valence-electron chi connectivity index (χ2n) is 5.72. The van der Waals surface area contributed by atoms with Crippen LogP contribution in [0.25, 0.3) is 0 Å². The summed E-state index contributed by atoms with van der Waals surface area (Å²) in [6.07, 6.45) is 5.16. The molecule has 0 atom stereocenters. The number of nitrogens with zero attached hydrogens (tertiary/aromatic N) is 1. The Bertz CT molecular complexity index is 745. The molecule has 1 aromatic rings. The van der Waals surface area contributed by atoms with E-state index in [9.17, 15) is 9.59 Å². The molecule has 0 unspecified atom stereocenters. The lowest BCUT2D eigenvalue weighted by Gasteiger charge is -2.20. The number of hydrogen-bond donors (Lipinski definition) is 2. The first-order valence-corrected chi connectivity index (χ1v) is 8.07. The minimum Gasteiger partial charge on any atom is -0.326 e. The van der Waals surface area contributed by atoms with Crippen LogP contribution in [-0.4, -0.2) is 18.0 Å². The van der Waals surface area contributed by atoms with E-state index >= 15 is 0 Å². The second-order valence-corrected chi connectivity index (χ2v) is 5.72. The van der Waals surface area contributed by atoms with Crippen molar-refractivity contribution in [2.75, 3.05) is 10.6 Å². The van der Waals surface area contributed by atoms with E-state index in [1.807, 2.05) is 32.9 Å². The van der Waals surface area contributed by atoms with E-state index in [2.05, 4.69) is 22.2 Å². The molecular formula is C19H23N3O2. The Morgan fingerprint density at radius 2 is 2.17 bits per heavy atom. The zero-order valence-electron chi connectivity index (χ0n) is 14.4. The van der Waals surface area contributed by atoms with Crippen LogP contribution in [-0.2, 0) is 16.0 Å². The molecule has 0 aromatic heterocycles. The van der Waals surface area contributed by atoms with Gasteiger partial charge >= 0.3 is 0 Å². The van der Waals surface area contributed by atoms with Gasteiger partial charge in [-0.1, -0.05) is 13.5 Å². The predicted octanol–water partition coefficient (Wildman–Crippen LogP) is 3.76. The minimum absolute atomic E-state index is 0.0324. The molecule has 5 heteroatoms. The highest BCUT2D eigenvalue weighted by Crippen LogP contribution is 2.30. The number of carbonyl (C=O) groups is 2. The van der Waals surface area contributed by atoms with E-state index in [1.54, 1.807) is 12.4 Å². The number of carbonyl (C=O) groups excluding carboxylic acids is 2. The van der Waals surface area contributed by atoms with Crippen LogP contribution < -0.4 is 10.6 Å². The molecule has 24 heavy (non-hydrogen) atoms. The molecule has 2 N–H and O–H groups in total. The summed E-state index contributed by atoms with van der Waals surface area (Å²) in [7, 11) is 0. The van der Waals surface area contributed by atoms with Crippen molar-refractivity contribution in [3.05, 3.63) is 47.2 Å². The number of amides is 2. The van der Waals surface area contributed by atoms with Gasteiger partial charge in [-0.05, 0) is 55.5 Å². The van der Waals surface area contributed by atoms with Crippen molar-refractivity contribution in [1.82, 2.24) is 0 Å². The highest BCUT2D eigenvalue weighted by molar-refractivity contribution is 6.07. The first kappa shape index (κ1) is 17.7. The number of nitrogens with one attached hydrogen (secondary N) is 2. The van der Waals surface area contributed by atoms with Crippen LogP contribution in [0.1, 0.15) is 37.8 Å². The molecule has 5 nitrogen and oxygen atoms in total. The van der Waals surface area contributed by atoms with Crippen LogP contribution >= 0.6 is 0 Å². The monoisotopic (exact) mass is 325 g/mol. The predicted molar refractivity (Wildman–Crippen MR) is 98.4 cm³/mol. The van der Waals surface area contributed by atoms with Gasteiger partial charge in [-0.25, -0.2) is 0 Å². The molecule has 0 saturated carbocycles. The highest BCUT2D eigenvalue weighted by atomic mass is 16.2. The number of rotatable bonds is 5. The van der Waals surface area contributed by atoms with Gasteiger partial charge in [0.05, 0.1) is 0 Å². The SMILES string of the molecule is C=C(C(=O)Nc1cc(C)c2c(c1)CCC(=O)N2)/C(=C\N=CC)CC. The molecule has 0 radical (unpaired) electrons. The topological polar surface area (TPSA) is 70.6 Å². The molecule has 1 heterocycles. The van der Waals surface area contributed by atoms with E-state index < -0.39 is 0 Å². The van der Waals surface area contributed by atoms with Crippen LogP contribution in [0.4, 0.5) is 11.4 Å². The highest BCUT2D eigenvalue weighted by Gasteiger charge is 2.18. The van der Waals surface area contributed by atoms with Crippen LogP contribution in [0.2, 0.25) is 0 Å². The van der Waals surface area contributed by atoms with Gasteiger partial charge in [-0.3, -0.25) is 14.6 Å². The molecule has 0 saturated heterocycles. The maximum atomic E-state index is 12.4. The van der Waals surface area contributed by atoms with E-state index in [0.29, 0.717) is 30.5 Å². The molecular weight excluding hydrogens is 302 g/mol. The standard InChI is InChI=1S/C19H23N3O2/c1-5-14(11-20-6-2)13(4)19(24)21-16-9-12(3)18-15(10-16)7-8-17(23)22-18/h6,9-11H,4-5,7-8H2,1-3H3,(H,21,24)(H,22,23)/b14-11-,20-6?. The summed E-state index contributed by atoms with van der Waals surface area (Å²) < 4.78 is 0. The van der Waals surface area contributed by atoms with Gasteiger partial charge in [0.15, 0.2) is 0 Å². The van der Waals surface area contributed by atoms with Crippen LogP contribution in [0.5, 0.6) is 0 Å². The summed E-state index contributed by atoms with van der Waals surface area (Å²) in [5, 5.41) is 5.78. The summed E-state index contributed by atoms with van der Waals surface area (Å²) in [5.74, 6) is -0.210. The zero-order chi connectivity index (χ0) is 17.7. The molecule has 1 aliphatic heterocycles. The fourth-order valence-corrected chi connectivity index (χ4v) is 2.66. The molecule has 0 fully saturated rings. The van der Waals surface area contributed by atoms with Crippen LogP contribution in [0.3, 0.4) is 0 Å². The van der Waals surface area contributed by atoms with Crippen molar-refractivity contribution < 1.29 is 9.59 Å². The lowest BCUT2D eigenvalue weighted by Crippen LogP contribution is -2.21. The molecule has 2 rings (SSSR count). The number of hydrogen-bond acceptors (Lipinski definition) is 3. The fourth-order valence-electron chi connectivity index (χ4n) is 2.66. The van der Waals surface area contributed by atoms with Crippen molar-refractivity contribution in [3.63, 3.8) is 0 Å². The van der Waals surface area contributed by atoms with Crippen molar-refractivity contribution in [3.8, 4) is 0 Å². The second kappa shape index (κ2) is 7.73. The molecule has 1 aliphatic rings. The van der Waals surface area contributed by atoms with E-state index in [4.69, 9.17) is 0 Å². The maximum Gasteiger partial charge on any atom is 0.255 e. The molecule has 0 bridgehead atoms. The maximum absolute atomic E-state index is 12.4. The van der Waals surface area contributed by atoms with E-state index in [0.717, 1.165) is 22.4 Å². The Hall–Kier alpha value is -2.69. The van der Waals surface area contributed by atoms with Crippen molar-refractivity contribution in [2.24, 2.45) is 4.99 Å². The van der Waals surface area contributed by atoms with Gasteiger partial charge in [0.2, 0.25) is 5.91 Å². The van der Waals surface area contributed by atoms with Gasteiger partial charge in [0.25, 0.3) is 5.91 Å². The zero-order valence-corrected chi connectivity index (χ0v) is 14.4. The summed E-state index contributed by atoms with van der Waals surface area (Å²) >= 11 is 0. The fraction of sp³-hybridized carbons (Fsp3) is 0.316. The van der Waals surface area contributed by atoms with Gasteiger partial charge < -0.3 is 10.6 Å². The van der Waals surface area contributed by atoms with E-state index in [-0.39, 0.29) is 11.8 Å². The third kappa shape index (κ3) is 3.98. The molecule has 0 aliphatic carbocycles. The summed E-state index contributed by atoms with van der Waals surface area (Å²) in [5.41, 5.74) is 4.75. The third-order valence-corrected chi connectivity index (χ3v) is 3.98. The van der Waals surface area contributed by atoms with Crippen LogP contribution in [0, 0.1) is 6.92 Å². The van der Waals surface area contributed by atoms with Crippen molar-refractivity contribution >= 4 is 29.4 Å². The van der Waals surface area contributed by atoms with E-state index in [1.165, 1.54) is 0 Å². The molecule has 0 spiro atoms. The first-order valence-electron chi connectivity index (χ1n) is 8.07. The van der Waals surface area contributed by atoms with Crippen LogP contribution in [0.15, 0.2) is 41.1 Å². The lowest BCUT2D eigenvalue weighted by atomic mass is 9.98. The third-order valence-electron chi connectivity index (χ3n) is 3.98.